The number of carbonyl (C=O) groups is 2. The Morgan fingerprint density at radius 1 is 1.16 bits per heavy atom. The van der Waals surface area contributed by atoms with Gasteiger partial charge in [0.1, 0.15) is 6.54 Å². The standard InChI is InChI=1S/C18H21N5O2/c19-10-11-22-18(25)23-15-9-5-4-8-14(15)16(24)21(17(23)20-22)12-13-6-2-1-3-7-13/h1-3,6-7,14-15,17,20H,4-5,8-9,11-12H2. The maximum absolute atomic E-state index is 13.1. The van der Waals surface area contributed by atoms with Gasteiger partial charge in [-0.25, -0.2) is 9.80 Å². The number of nitriles is 1. The summed E-state index contributed by atoms with van der Waals surface area (Å²) in [7, 11) is 0. The van der Waals surface area contributed by atoms with Crippen LogP contribution in [0, 0.1) is 17.2 Å². The van der Waals surface area contributed by atoms with Gasteiger partial charge in [-0.2, -0.15) is 10.7 Å². The van der Waals surface area contributed by atoms with Crippen molar-refractivity contribution in [2.45, 2.75) is 44.6 Å². The largest absolute Gasteiger partial charge is 0.338 e. The van der Waals surface area contributed by atoms with E-state index in [-0.39, 0.29) is 30.4 Å². The molecule has 1 N–H and O–H groups in total. The summed E-state index contributed by atoms with van der Waals surface area (Å²) in [5.41, 5.74) is 4.10. The maximum Gasteiger partial charge on any atom is 0.338 e. The lowest BCUT2D eigenvalue weighted by atomic mass is 9.81. The summed E-state index contributed by atoms with van der Waals surface area (Å²) < 4.78 is 0. The average molecular weight is 339 g/mol. The molecule has 1 aromatic rings. The number of benzene rings is 1. The van der Waals surface area contributed by atoms with Crippen LogP contribution in [-0.4, -0.2) is 45.6 Å². The Balaban J connectivity index is 1.67. The number of fused-ring (bicyclic) bond motifs is 3. The topological polar surface area (TPSA) is 79.7 Å². The molecule has 0 aromatic heterocycles. The molecule has 3 aliphatic rings. The molecule has 4 rings (SSSR count). The molecular formula is C18H21N5O2. The number of carbonyl (C=O) groups excluding carboxylic acids is 2. The third kappa shape index (κ3) is 2.63. The summed E-state index contributed by atoms with van der Waals surface area (Å²) >= 11 is 0. The van der Waals surface area contributed by atoms with Gasteiger partial charge in [0.05, 0.1) is 12.0 Å². The van der Waals surface area contributed by atoms with E-state index in [0.717, 1.165) is 31.2 Å². The Hall–Kier alpha value is -2.59. The van der Waals surface area contributed by atoms with E-state index in [1.807, 2.05) is 36.4 Å². The highest BCUT2D eigenvalue weighted by Crippen LogP contribution is 2.38. The first-order valence-corrected chi connectivity index (χ1v) is 8.78. The lowest BCUT2D eigenvalue weighted by molar-refractivity contribution is -0.157. The minimum Gasteiger partial charge on any atom is -0.303 e. The first-order valence-electron chi connectivity index (χ1n) is 8.78. The van der Waals surface area contributed by atoms with Crippen molar-refractivity contribution >= 4 is 11.9 Å². The fraction of sp³-hybridized carbons (Fsp3) is 0.500. The Morgan fingerprint density at radius 3 is 2.68 bits per heavy atom. The molecule has 3 fully saturated rings. The van der Waals surface area contributed by atoms with E-state index >= 15 is 0 Å². The lowest BCUT2D eigenvalue weighted by Gasteiger charge is -2.48. The number of hydrogen-bond acceptors (Lipinski definition) is 4. The van der Waals surface area contributed by atoms with Gasteiger partial charge in [0.25, 0.3) is 0 Å². The van der Waals surface area contributed by atoms with Crippen molar-refractivity contribution in [3.8, 4) is 6.07 Å². The number of hydrazine groups is 1. The molecule has 25 heavy (non-hydrogen) atoms. The molecule has 7 nitrogen and oxygen atoms in total. The van der Waals surface area contributed by atoms with E-state index in [1.54, 1.807) is 9.80 Å². The fourth-order valence-electron chi connectivity index (χ4n) is 4.24. The Bertz CT molecular complexity index is 716. The molecule has 2 heterocycles. The summed E-state index contributed by atoms with van der Waals surface area (Å²) in [5.74, 6) is -0.0320. The highest BCUT2D eigenvalue weighted by Gasteiger charge is 2.54. The third-order valence-corrected chi connectivity index (χ3v) is 5.39. The van der Waals surface area contributed by atoms with Gasteiger partial charge in [-0.05, 0) is 18.4 Å². The summed E-state index contributed by atoms with van der Waals surface area (Å²) in [6.45, 7) is 0.418. The van der Waals surface area contributed by atoms with Gasteiger partial charge in [0.2, 0.25) is 5.91 Å². The smallest absolute Gasteiger partial charge is 0.303 e. The predicted octanol–water partition coefficient (Wildman–Crippen LogP) is 1.64. The third-order valence-electron chi connectivity index (χ3n) is 5.39. The highest BCUT2D eigenvalue weighted by atomic mass is 16.2. The maximum atomic E-state index is 13.1. The van der Waals surface area contributed by atoms with Crippen LogP contribution in [0.5, 0.6) is 0 Å². The van der Waals surface area contributed by atoms with Gasteiger partial charge in [0.15, 0.2) is 6.29 Å². The summed E-state index contributed by atoms with van der Waals surface area (Å²) in [5, 5.41) is 10.3. The van der Waals surface area contributed by atoms with Gasteiger partial charge in [-0.3, -0.25) is 9.69 Å². The van der Waals surface area contributed by atoms with E-state index in [9.17, 15) is 9.59 Å². The summed E-state index contributed by atoms with van der Waals surface area (Å²) in [4.78, 5) is 29.5. The van der Waals surface area contributed by atoms with Crippen molar-refractivity contribution in [1.29, 1.82) is 5.26 Å². The van der Waals surface area contributed by atoms with Crippen LogP contribution in [0.1, 0.15) is 31.2 Å². The molecule has 130 valence electrons. The second-order valence-corrected chi connectivity index (χ2v) is 6.85. The van der Waals surface area contributed by atoms with Crippen molar-refractivity contribution in [1.82, 2.24) is 20.2 Å². The van der Waals surface area contributed by atoms with Crippen LogP contribution >= 0.6 is 0 Å². The van der Waals surface area contributed by atoms with Gasteiger partial charge < -0.3 is 4.90 Å². The monoisotopic (exact) mass is 339 g/mol. The first-order chi connectivity index (χ1) is 12.2. The molecule has 1 aromatic carbocycles. The molecule has 0 bridgehead atoms. The zero-order chi connectivity index (χ0) is 17.4. The number of nitrogens with zero attached hydrogens (tertiary/aromatic N) is 4. The molecule has 0 spiro atoms. The van der Waals surface area contributed by atoms with Crippen molar-refractivity contribution in [2.75, 3.05) is 6.54 Å². The zero-order valence-corrected chi connectivity index (χ0v) is 14.0. The van der Waals surface area contributed by atoms with Crippen LogP contribution in [0.2, 0.25) is 0 Å². The van der Waals surface area contributed by atoms with Crippen molar-refractivity contribution in [3.63, 3.8) is 0 Å². The van der Waals surface area contributed by atoms with Gasteiger partial charge >= 0.3 is 6.03 Å². The highest BCUT2D eigenvalue weighted by molar-refractivity contribution is 5.85. The summed E-state index contributed by atoms with van der Waals surface area (Å²) in [6.07, 6.45) is 3.22. The normalized spacial score (nSPS) is 28.6. The van der Waals surface area contributed by atoms with E-state index < -0.39 is 6.29 Å². The van der Waals surface area contributed by atoms with E-state index in [0.29, 0.717) is 6.54 Å². The van der Waals surface area contributed by atoms with Crippen molar-refractivity contribution in [2.24, 2.45) is 5.92 Å². The fourth-order valence-corrected chi connectivity index (χ4v) is 4.24. The molecular weight excluding hydrogens is 318 g/mol. The van der Waals surface area contributed by atoms with Crippen LogP contribution in [0.4, 0.5) is 4.79 Å². The van der Waals surface area contributed by atoms with Crippen LogP contribution in [0.15, 0.2) is 30.3 Å². The molecule has 7 heteroatoms. The van der Waals surface area contributed by atoms with Gasteiger partial charge in [-0.15, -0.1) is 0 Å². The number of urea groups is 1. The SMILES string of the molecule is N#CCN1NC2N(Cc3ccccc3)C(=O)C3CCCCC3N2C1=O. The van der Waals surface area contributed by atoms with E-state index in [4.69, 9.17) is 5.26 Å². The number of hydrogen-bond donors (Lipinski definition) is 1. The van der Waals surface area contributed by atoms with Crippen LogP contribution in [-0.2, 0) is 11.3 Å². The second kappa shape index (κ2) is 6.37. The number of rotatable bonds is 3. The van der Waals surface area contributed by atoms with E-state index in [2.05, 4.69) is 5.43 Å². The van der Waals surface area contributed by atoms with Gasteiger partial charge in [0, 0.05) is 12.6 Å². The minimum atomic E-state index is -0.507. The predicted molar refractivity (Wildman–Crippen MR) is 89.2 cm³/mol. The van der Waals surface area contributed by atoms with Crippen LogP contribution < -0.4 is 5.43 Å². The van der Waals surface area contributed by atoms with Crippen molar-refractivity contribution < 1.29 is 9.59 Å². The first kappa shape index (κ1) is 15.9. The zero-order valence-electron chi connectivity index (χ0n) is 14.0. The Kier molecular flexibility index (Phi) is 4.06. The van der Waals surface area contributed by atoms with Crippen LogP contribution in [0.3, 0.4) is 0 Å². The molecule has 2 aliphatic heterocycles. The minimum absolute atomic E-state index is 0.0312. The number of amides is 3. The Morgan fingerprint density at radius 2 is 1.92 bits per heavy atom. The molecule has 3 unspecified atom stereocenters. The molecule has 3 atom stereocenters. The van der Waals surface area contributed by atoms with Crippen molar-refractivity contribution in [3.05, 3.63) is 35.9 Å². The average Bonchev–Trinajstić information content (AvgIpc) is 2.96. The van der Waals surface area contributed by atoms with Gasteiger partial charge in [-0.1, -0.05) is 43.2 Å². The Labute approximate surface area is 146 Å². The van der Waals surface area contributed by atoms with E-state index in [1.165, 1.54) is 5.01 Å². The summed E-state index contributed by atoms with van der Waals surface area (Å²) in [6, 6.07) is 11.5. The second-order valence-electron chi connectivity index (χ2n) is 6.85. The molecule has 1 saturated carbocycles. The molecule has 2 saturated heterocycles. The lowest BCUT2D eigenvalue weighted by Crippen LogP contribution is -2.65. The molecule has 3 amide bonds. The number of nitrogens with one attached hydrogen (secondary N) is 1. The quantitative estimate of drug-likeness (QED) is 0.849. The molecule has 0 radical (unpaired) electrons. The van der Waals surface area contributed by atoms with Crippen LogP contribution in [0.25, 0.3) is 0 Å². The molecule has 1 aliphatic carbocycles.